The van der Waals surface area contributed by atoms with Crippen molar-refractivity contribution in [3.63, 3.8) is 0 Å². The van der Waals surface area contributed by atoms with Gasteiger partial charge in [-0.15, -0.1) is 12.4 Å². The van der Waals surface area contributed by atoms with Gasteiger partial charge in [-0.3, -0.25) is 0 Å². The van der Waals surface area contributed by atoms with E-state index in [9.17, 15) is 8.42 Å². The molecule has 0 heterocycles. The van der Waals surface area contributed by atoms with Crippen molar-refractivity contribution < 1.29 is 8.42 Å². The smallest absolute Gasteiger partial charge is 0.240 e. The van der Waals surface area contributed by atoms with Gasteiger partial charge in [0.25, 0.3) is 0 Å². The summed E-state index contributed by atoms with van der Waals surface area (Å²) in [7, 11) is -3.41. The number of hydrogen-bond acceptors (Lipinski definition) is 3. The number of nitrogens with one attached hydrogen (secondary N) is 2. The number of likely N-dealkylation sites (N-methyl/N-ethyl adjacent to an activating group) is 1. The summed E-state index contributed by atoms with van der Waals surface area (Å²) in [5.74, 6) is 0.401. The lowest BCUT2D eigenvalue weighted by Crippen LogP contribution is -2.38. The molecule has 0 aliphatic heterocycles. The molecule has 116 valence electrons. The predicted octanol–water partition coefficient (Wildman–Crippen LogP) is 2.51. The van der Waals surface area contributed by atoms with Crippen LogP contribution in [-0.2, 0) is 10.0 Å². The van der Waals surface area contributed by atoms with E-state index in [1.165, 1.54) is 0 Å². The topological polar surface area (TPSA) is 58.2 Å². The average Bonchev–Trinajstić information content (AvgIpc) is 2.37. The van der Waals surface area contributed by atoms with Gasteiger partial charge in [0.1, 0.15) is 0 Å². The van der Waals surface area contributed by atoms with Gasteiger partial charge in [0, 0.05) is 12.6 Å². The highest BCUT2D eigenvalue weighted by Crippen LogP contribution is 2.17. The lowest BCUT2D eigenvalue weighted by Gasteiger charge is -2.14. The van der Waals surface area contributed by atoms with E-state index < -0.39 is 10.0 Å². The molecule has 1 aromatic carbocycles. The highest BCUT2D eigenvalue weighted by molar-refractivity contribution is 7.89. The maximum absolute atomic E-state index is 12.1. The van der Waals surface area contributed by atoms with Gasteiger partial charge in [0.15, 0.2) is 0 Å². The Morgan fingerprint density at radius 2 is 1.65 bits per heavy atom. The predicted molar refractivity (Wildman–Crippen MR) is 86.1 cm³/mol. The van der Waals surface area contributed by atoms with E-state index in [0.717, 1.165) is 12.1 Å². The summed E-state index contributed by atoms with van der Waals surface area (Å²) in [6.07, 6.45) is 0. The first-order valence-electron chi connectivity index (χ1n) is 6.69. The second-order valence-electron chi connectivity index (χ2n) is 5.03. The standard InChI is InChI=1S/C14H24N2O2S.ClH/c1-5-15-12(4)10-16-19(17,18)14-8-6-13(7-9-14)11(2)3;/h6-9,11-12,15-16H,5,10H2,1-4H3;1H/t12-;/m1./s1. The van der Waals surface area contributed by atoms with Crippen LogP contribution in [0.15, 0.2) is 29.2 Å². The van der Waals surface area contributed by atoms with Crippen molar-refractivity contribution in [2.24, 2.45) is 0 Å². The molecule has 0 spiro atoms. The maximum Gasteiger partial charge on any atom is 0.240 e. The van der Waals surface area contributed by atoms with Crippen LogP contribution in [0.1, 0.15) is 39.2 Å². The Balaban J connectivity index is 0.00000361. The van der Waals surface area contributed by atoms with Crippen LogP contribution in [0.5, 0.6) is 0 Å². The Hall–Kier alpha value is -0.620. The molecule has 1 aromatic rings. The minimum atomic E-state index is -3.41. The van der Waals surface area contributed by atoms with Crippen molar-refractivity contribution >= 4 is 22.4 Å². The molecular weight excluding hydrogens is 296 g/mol. The van der Waals surface area contributed by atoms with E-state index in [1.807, 2.05) is 26.0 Å². The molecule has 0 aliphatic carbocycles. The van der Waals surface area contributed by atoms with Gasteiger partial charge in [0.05, 0.1) is 4.90 Å². The molecule has 1 rings (SSSR count). The second-order valence-corrected chi connectivity index (χ2v) is 6.80. The zero-order chi connectivity index (χ0) is 14.5. The SMILES string of the molecule is CCN[C@H](C)CNS(=O)(=O)c1ccc(C(C)C)cc1.Cl. The first-order chi connectivity index (χ1) is 8.86. The second kappa shape index (κ2) is 8.62. The highest BCUT2D eigenvalue weighted by atomic mass is 35.5. The van der Waals surface area contributed by atoms with Gasteiger partial charge in [-0.2, -0.15) is 0 Å². The summed E-state index contributed by atoms with van der Waals surface area (Å²) in [6, 6.07) is 7.18. The zero-order valence-electron chi connectivity index (χ0n) is 12.5. The summed E-state index contributed by atoms with van der Waals surface area (Å²) in [4.78, 5) is 0.320. The van der Waals surface area contributed by atoms with Crippen LogP contribution in [0.25, 0.3) is 0 Å². The molecular formula is C14H25ClN2O2S. The third-order valence-corrected chi connectivity index (χ3v) is 4.43. The highest BCUT2D eigenvalue weighted by Gasteiger charge is 2.14. The summed E-state index contributed by atoms with van der Waals surface area (Å²) in [5.41, 5.74) is 1.14. The van der Waals surface area contributed by atoms with Crippen LogP contribution in [-0.4, -0.2) is 27.5 Å². The van der Waals surface area contributed by atoms with Crippen molar-refractivity contribution in [2.75, 3.05) is 13.1 Å². The van der Waals surface area contributed by atoms with E-state index in [0.29, 0.717) is 17.4 Å². The Labute approximate surface area is 128 Å². The van der Waals surface area contributed by atoms with Crippen LogP contribution >= 0.6 is 12.4 Å². The van der Waals surface area contributed by atoms with Crippen LogP contribution in [0.2, 0.25) is 0 Å². The minimum Gasteiger partial charge on any atom is -0.313 e. The van der Waals surface area contributed by atoms with Gasteiger partial charge in [-0.05, 0) is 37.1 Å². The number of benzene rings is 1. The summed E-state index contributed by atoms with van der Waals surface area (Å²) in [6.45, 7) is 9.33. The molecule has 0 bridgehead atoms. The summed E-state index contributed by atoms with van der Waals surface area (Å²) < 4.78 is 26.8. The Kier molecular flexibility index (Phi) is 8.35. The molecule has 0 aromatic heterocycles. The Morgan fingerprint density at radius 3 is 2.10 bits per heavy atom. The molecule has 1 atom stereocenters. The van der Waals surface area contributed by atoms with E-state index in [4.69, 9.17) is 0 Å². The first-order valence-corrected chi connectivity index (χ1v) is 8.18. The largest absolute Gasteiger partial charge is 0.313 e. The molecule has 4 nitrogen and oxygen atoms in total. The molecule has 0 aliphatic rings. The van der Waals surface area contributed by atoms with Crippen LogP contribution in [0.3, 0.4) is 0 Å². The van der Waals surface area contributed by atoms with Crippen molar-refractivity contribution in [2.45, 2.75) is 44.6 Å². The summed E-state index contributed by atoms with van der Waals surface area (Å²) in [5, 5.41) is 3.17. The van der Waals surface area contributed by atoms with Crippen LogP contribution in [0.4, 0.5) is 0 Å². The molecule has 0 amide bonds. The third-order valence-electron chi connectivity index (χ3n) is 2.99. The van der Waals surface area contributed by atoms with E-state index in [2.05, 4.69) is 23.9 Å². The molecule has 6 heteroatoms. The fourth-order valence-corrected chi connectivity index (χ4v) is 2.90. The lowest BCUT2D eigenvalue weighted by atomic mass is 10.0. The lowest BCUT2D eigenvalue weighted by molar-refractivity contribution is 0.536. The van der Waals surface area contributed by atoms with Gasteiger partial charge >= 0.3 is 0 Å². The monoisotopic (exact) mass is 320 g/mol. The van der Waals surface area contributed by atoms with Gasteiger partial charge in [0.2, 0.25) is 10.0 Å². The molecule has 0 unspecified atom stereocenters. The van der Waals surface area contributed by atoms with Crippen molar-refractivity contribution in [1.82, 2.24) is 10.0 Å². The Morgan fingerprint density at radius 1 is 1.10 bits per heavy atom. The van der Waals surface area contributed by atoms with Crippen LogP contribution < -0.4 is 10.0 Å². The van der Waals surface area contributed by atoms with Gasteiger partial charge in [-0.1, -0.05) is 32.9 Å². The first kappa shape index (κ1) is 19.4. The van der Waals surface area contributed by atoms with Crippen molar-refractivity contribution in [3.05, 3.63) is 29.8 Å². The zero-order valence-corrected chi connectivity index (χ0v) is 14.1. The fraction of sp³-hybridized carbons (Fsp3) is 0.571. The number of hydrogen-bond donors (Lipinski definition) is 2. The third kappa shape index (κ3) is 5.79. The van der Waals surface area contributed by atoms with E-state index >= 15 is 0 Å². The molecule has 2 N–H and O–H groups in total. The van der Waals surface area contributed by atoms with E-state index in [-0.39, 0.29) is 18.4 Å². The van der Waals surface area contributed by atoms with Gasteiger partial charge in [-0.25, -0.2) is 13.1 Å². The average molecular weight is 321 g/mol. The molecule has 0 radical (unpaired) electrons. The number of sulfonamides is 1. The normalized spacial score (nSPS) is 13.1. The van der Waals surface area contributed by atoms with Crippen molar-refractivity contribution in [1.29, 1.82) is 0 Å². The molecule has 0 fully saturated rings. The Bertz CT molecular complexity index is 486. The van der Waals surface area contributed by atoms with Crippen molar-refractivity contribution in [3.8, 4) is 0 Å². The van der Waals surface area contributed by atoms with Gasteiger partial charge < -0.3 is 5.32 Å². The number of halogens is 1. The fourth-order valence-electron chi connectivity index (χ4n) is 1.77. The van der Waals surface area contributed by atoms with Crippen LogP contribution in [0, 0.1) is 0 Å². The molecule has 0 saturated carbocycles. The maximum atomic E-state index is 12.1. The van der Waals surface area contributed by atoms with E-state index in [1.54, 1.807) is 12.1 Å². The minimum absolute atomic E-state index is 0. The molecule has 20 heavy (non-hydrogen) atoms. The summed E-state index contributed by atoms with van der Waals surface area (Å²) >= 11 is 0. The quantitative estimate of drug-likeness (QED) is 0.811. The molecule has 0 saturated heterocycles. The number of rotatable bonds is 7.